The summed E-state index contributed by atoms with van der Waals surface area (Å²) in [6, 6.07) is 9.13. The summed E-state index contributed by atoms with van der Waals surface area (Å²) < 4.78 is 39.1. The van der Waals surface area contributed by atoms with Crippen LogP contribution in [-0.4, -0.2) is 34.0 Å². The van der Waals surface area contributed by atoms with E-state index >= 15 is 0 Å². The molecule has 1 saturated heterocycles. The predicted molar refractivity (Wildman–Crippen MR) is 88.5 cm³/mol. The Kier molecular flexibility index (Phi) is 5.05. The van der Waals surface area contributed by atoms with Crippen molar-refractivity contribution in [1.29, 1.82) is 0 Å². The van der Waals surface area contributed by atoms with Crippen LogP contribution in [0.25, 0.3) is 0 Å². The highest BCUT2D eigenvalue weighted by molar-refractivity contribution is 9.10. The topological polar surface area (TPSA) is 41.0 Å². The number of rotatable bonds is 4. The van der Waals surface area contributed by atoms with Crippen LogP contribution in [0, 0.1) is 0 Å². The molecule has 1 aromatic carbocycles. The molecule has 0 bridgehead atoms. The first kappa shape index (κ1) is 17.2. The molecule has 3 rings (SSSR count). The van der Waals surface area contributed by atoms with Gasteiger partial charge in [0.15, 0.2) is 0 Å². The quantitative estimate of drug-likeness (QED) is 0.843. The van der Waals surface area contributed by atoms with E-state index in [9.17, 15) is 13.2 Å². The molecule has 1 aliphatic rings. The van der Waals surface area contributed by atoms with Crippen LogP contribution >= 0.6 is 15.9 Å². The molecule has 1 aromatic heterocycles. The Morgan fingerprint density at radius 1 is 1.25 bits per heavy atom. The fourth-order valence-electron chi connectivity index (χ4n) is 2.79. The highest BCUT2D eigenvalue weighted by Crippen LogP contribution is 2.28. The normalized spacial score (nSPS) is 18.8. The van der Waals surface area contributed by atoms with Gasteiger partial charge in [-0.05, 0) is 24.1 Å². The molecule has 2 aromatic rings. The fraction of sp³-hybridized carbons (Fsp3) is 0.375. The van der Waals surface area contributed by atoms with Gasteiger partial charge in [-0.3, -0.25) is 4.90 Å². The second-order valence-corrected chi connectivity index (χ2v) is 6.70. The molecule has 1 fully saturated rings. The van der Waals surface area contributed by atoms with Crippen molar-refractivity contribution in [3.05, 3.63) is 52.4 Å². The monoisotopic (exact) mass is 400 g/mol. The van der Waals surface area contributed by atoms with Gasteiger partial charge in [0.2, 0.25) is 0 Å². The largest absolute Gasteiger partial charge is 0.433 e. The molecule has 4 nitrogen and oxygen atoms in total. The number of hydrogen-bond donors (Lipinski definition) is 1. The fourth-order valence-corrected chi connectivity index (χ4v) is 3.23. The SMILES string of the molecule is FC(F)(F)c1cc(NC2CCN(Cc3cccc(Br)c3)C2)ncn1. The molecule has 1 N–H and O–H groups in total. The number of anilines is 1. The van der Waals surface area contributed by atoms with Gasteiger partial charge in [-0.15, -0.1) is 0 Å². The number of likely N-dealkylation sites (tertiary alicyclic amines) is 1. The van der Waals surface area contributed by atoms with Crippen molar-refractivity contribution < 1.29 is 13.2 Å². The standard InChI is InChI=1S/C16H16BrF3N4/c17-12-3-1-2-11(6-12)8-24-5-4-13(9-24)23-15-7-14(16(18,19)20)21-10-22-15/h1-3,6-7,10,13H,4-5,8-9H2,(H,21,22,23). The second-order valence-electron chi connectivity index (χ2n) is 5.78. The molecule has 0 spiro atoms. The Labute approximate surface area is 146 Å². The van der Waals surface area contributed by atoms with Crippen LogP contribution in [0.5, 0.6) is 0 Å². The minimum absolute atomic E-state index is 0.0770. The van der Waals surface area contributed by atoms with E-state index in [4.69, 9.17) is 0 Å². The summed E-state index contributed by atoms with van der Waals surface area (Å²) in [5.74, 6) is 0.214. The smallest absolute Gasteiger partial charge is 0.366 e. The van der Waals surface area contributed by atoms with Crippen molar-refractivity contribution in [2.75, 3.05) is 18.4 Å². The number of benzene rings is 1. The zero-order valence-electron chi connectivity index (χ0n) is 12.7. The first-order chi connectivity index (χ1) is 11.4. The lowest BCUT2D eigenvalue weighted by Crippen LogP contribution is -2.26. The van der Waals surface area contributed by atoms with Gasteiger partial charge in [-0.1, -0.05) is 28.1 Å². The number of nitrogens with zero attached hydrogens (tertiary/aromatic N) is 3. The number of nitrogens with one attached hydrogen (secondary N) is 1. The summed E-state index contributed by atoms with van der Waals surface area (Å²) >= 11 is 3.45. The van der Waals surface area contributed by atoms with Crippen LogP contribution in [0.2, 0.25) is 0 Å². The summed E-state index contributed by atoms with van der Waals surface area (Å²) in [7, 11) is 0. The predicted octanol–water partition coefficient (Wildman–Crippen LogP) is 3.94. The van der Waals surface area contributed by atoms with Crippen LogP contribution in [0.3, 0.4) is 0 Å². The van der Waals surface area contributed by atoms with E-state index in [0.717, 1.165) is 42.9 Å². The molecular formula is C16H16BrF3N4. The third kappa shape index (κ3) is 4.45. The lowest BCUT2D eigenvalue weighted by Gasteiger charge is -2.17. The first-order valence-electron chi connectivity index (χ1n) is 7.53. The van der Waals surface area contributed by atoms with E-state index in [1.165, 1.54) is 5.56 Å². The Hall–Kier alpha value is -1.67. The average Bonchev–Trinajstić information content (AvgIpc) is 2.94. The van der Waals surface area contributed by atoms with E-state index in [-0.39, 0.29) is 11.9 Å². The van der Waals surface area contributed by atoms with Gasteiger partial charge in [0.25, 0.3) is 0 Å². The molecule has 0 radical (unpaired) electrons. The highest BCUT2D eigenvalue weighted by atomic mass is 79.9. The van der Waals surface area contributed by atoms with E-state index in [2.05, 4.69) is 48.2 Å². The van der Waals surface area contributed by atoms with Gasteiger partial charge in [-0.25, -0.2) is 9.97 Å². The third-order valence-corrected chi connectivity index (χ3v) is 4.37. The van der Waals surface area contributed by atoms with Gasteiger partial charge >= 0.3 is 6.18 Å². The summed E-state index contributed by atoms with van der Waals surface area (Å²) in [6.45, 7) is 2.47. The van der Waals surface area contributed by atoms with Crippen LogP contribution in [-0.2, 0) is 12.7 Å². The Morgan fingerprint density at radius 3 is 2.83 bits per heavy atom. The molecule has 24 heavy (non-hydrogen) atoms. The van der Waals surface area contributed by atoms with Crippen molar-refractivity contribution in [2.45, 2.75) is 25.2 Å². The zero-order chi connectivity index (χ0) is 17.2. The second kappa shape index (κ2) is 7.06. The molecule has 0 aliphatic carbocycles. The summed E-state index contributed by atoms with van der Waals surface area (Å²) in [5, 5.41) is 3.08. The molecule has 2 heterocycles. The molecule has 0 amide bonds. The number of halogens is 4. The third-order valence-electron chi connectivity index (χ3n) is 3.88. The van der Waals surface area contributed by atoms with Gasteiger partial charge in [-0.2, -0.15) is 13.2 Å². The maximum Gasteiger partial charge on any atom is 0.433 e. The van der Waals surface area contributed by atoms with Gasteiger partial charge in [0.1, 0.15) is 17.8 Å². The molecule has 0 saturated carbocycles. The van der Waals surface area contributed by atoms with Crippen molar-refractivity contribution in [1.82, 2.24) is 14.9 Å². The lowest BCUT2D eigenvalue weighted by atomic mass is 10.2. The van der Waals surface area contributed by atoms with E-state index in [1.807, 2.05) is 12.1 Å². The van der Waals surface area contributed by atoms with Crippen LogP contribution in [0.1, 0.15) is 17.7 Å². The van der Waals surface area contributed by atoms with Crippen LogP contribution in [0.4, 0.5) is 19.0 Å². The number of aromatic nitrogens is 2. The number of hydrogen-bond acceptors (Lipinski definition) is 4. The minimum Gasteiger partial charge on any atom is -0.366 e. The Bertz CT molecular complexity index is 708. The van der Waals surface area contributed by atoms with E-state index in [1.54, 1.807) is 0 Å². The van der Waals surface area contributed by atoms with Crippen LogP contribution < -0.4 is 5.32 Å². The zero-order valence-corrected chi connectivity index (χ0v) is 14.3. The Morgan fingerprint density at radius 2 is 2.08 bits per heavy atom. The van der Waals surface area contributed by atoms with Crippen molar-refractivity contribution in [3.8, 4) is 0 Å². The molecule has 1 aliphatic heterocycles. The molecule has 1 atom stereocenters. The lowest BCUT2D eigenvalue weighted by molar-refractivity contribution is -0.141. The summed E-state index contributed by atoms with van der Waals surface area (Å²) in [6.07, 6.45) is -2.65. The molecule has 1 unspecified atom stereocenters. The van der Waals surface area contributed by atoms with Crippen molar-refractivity contribution in [2.24, 2.45) is 0 Å². The molecule has 8 heteroatoms. The summed E-state index contributed by atoms with van der Waals surface area (Å²) in [5.41, 5.74) is 0.274. The number of alkyl halides is 3. The minimum atomic E-state index is -4.46. The molecular weight excluding hydrogens is 385 g/mol. The van der Waals surface area contributed by atoms with E-state index < -0.39 is 11.9 Å². The maximum atomic E-state index is 12.7. The van der Waals surface area contributed by atoms with Gasteiger partial charge in [0.05, 0.1) is 0 Å². The van der Waals surface area contributed by atoms with Gasteiger partial charge < -0.3 is 5.32 Å². The summed E-state index contributed by atoms with van der Waals surface area (Å²) in [4.78, 5) is 9.43. The first-order valence-corrected chi connectivity index (χ1v) is 8.32. The van der Waals surface area contributed by atoms with Gasteiger partial charge in [0, 0.05) is 36.2 Å². The van der Waals surface area contributed by atoms with E-state index in [0.29, 0.717) is 0 Å². The molecule has 128 valence electrons. The average molecular weight is 401 g/mol. The maximum absolute atomic E-state index is 12.7. The highest BCUT2D eigenvalue weighted by Gasteiger charge is 2.33. The van der Waals surface area contributed by atoms with Crippen molar-refractivity contribution in [3.63, 3.8) is 0 Å². The van der Waals surface area contributed by atoms with Crippen molar-refractivity contribution >= 4 is 21.7 Å². The van der Waals surface area contributed by atoms with Crippen LogP contribution in [0.15, 0.2) is 41.1 Å². The Balaban J connectivity index is 1.58.